The van der Waals surface area contributed by atoms with E-state index >= 15 is 0 Å². The molecular formula is C12H16N2O3. The van der Waals surface area contributed by atoms with Gasteiger partial charge in [-0.05, 0) is 33.0 Å². The Balaban J connectivity index is 2.37. The van der Waals surface area contributed by atoms with E-state index in [9.17, 15) is 9.59 Å². The number of carboxylic acids is 1. The standard InChI is InChI=1S/C12H16N2O3/c1-8(15)9-5-11(12(16)17)14(6-9)10-3-4-13(2)7-10/h5-6,10H,3-4,7H2,1-2H3,(H,16,17). The van der Waals surface area contributed by atoms with E-state index in [1.807, 2.05) is 7.05 Å². The lowest BCUT2D eigenvalue weighted by Gasteiger charge is -2.14. The Morgan fingerprint density at radius 1 is 1.47 bits per heavy atom. The zero-order valence-electron chi connectivity index (χ0n) is 10.0. The number of aromatic nitrogens is 1. The van der Waals surface area contributed by atoms with E-state index in [0.717, 1.165) is 19.5 Å². The van der Waals surface area contributed by atoms with Crippen molar-refractivity contribution in [3.63, 3.8) is 0 Å². The first-order valence-corrected chi connectivity index (χ1v) is 5.63. The summed E-state index contributed by atoms with van der Waals surface area (Å²) in [4.78, 5) is 24.6. The van der Waals surface area contributed by atoms with Gasteiger partial charge in [0.2, 0.25) is 0 Å². The number of nitrogens with zero attached hydrogens (tertiary/aromatic N) is 2. The van der Waals surface area contributed by atoms with Gasteiger partial charge >= 0.3 is 5.97 Å². The lowest BCUT2D eigenvalue weighted by Crippen LogP contribution is -2.18. The predicted octanol–water partition coefficient (Wildman–Crippen LogP) is 1.27. The molecular weight excluding hydrogens is 220 g/mol. The van der Waals surface area contributed by atoms with Crippen molar-refractivity contribution in [2.75, 3.05) is 20.1 Å². The summed E-state index contributed by atoms with van der Waals surface area (Å²) >= 11 is 0. The third-order valence-electron chi connectivity index (χ3n) is 3.23. The number of carboxylic acid groups (broad SMARTS) is 1. The van der Waals surface area contributed by atoms with E-state index in [2.05, 4.69) is 4.90 Å². The average molecular weight is 236 g/mol. The van der Waals surface area contributed by atoms with Gasteiger partial charge in [-0.25, -0.2) is 4.79 Å². The highest BCUT2D eigenvalue weighted by Crippen LogP contribution is 2.24. The Morgan fingerprint density at radius 2 is 2.18 bits per heavy atom. The van der Waals surface area contributed by atoms with E-state index in [4.69, 9.17) is 5.11 Å². The monoisotopic (exact) mass is 236 g/mol. The average Bonchev–Trinajstić information content (AvgIpc) is 2.82. The second-order valence-corrected chi connectivity index (χ2v) is 4.59. The van der Waals surface area contributed by atoms with E-state index < -0.39 is 5.97 Å². The third-order valence-corrected chi connectivity index (χ3v) is 3.23. The van der Waals surface area contributed by atoms with Crippen LogP contribution in [0, 0.1) is 0 Å². The van der Waals surface area contributed by atoms with Crippen molar-refractivity contribution >= 4 is 11.8 Å². The summed E-state index contributed by atoms with van der Waals surface area (Å²) in [5, 5.41) is 9.14. The highest BCUT2D eigenvalue weighted by molar-refractivity contribution is 5.97. The maximum absolute atomic E-state index is 11.3. The minimum absolute atomic E-state index is 0.0994. The fourth-order valence-electron chi connectivity index (χ4n) is 2.28. The van der Waals surface area contributed by atoms with Crippen molar-refractivity contribution in [2.45, 2.75) is 19.4 Å². The fourth-order valence-corrected chi connectivity index (χ4v) is 2.28. The van der Waals surface area contributed by atoms with Gasteiger partial charge in [0.15, 0.2) is 5.78 Å². The molecule has 2 heterocycles. The van der Waals surface area contributed by atoms with Gasteiger partial charge in [-0.1, -0.05) is 0 Å². The molecule has 0 saturated carbocycles. The molecule has 1 aromatic rings. The molecule has 0 bridgehead atoms. The Bertz CT molecular complexity index is 464. The molecule has 0 aromatic carbocycles. The smallest absolute Gasteiger partial charge is 0.352 e. The highest BCUT2D eigenvalue weighted by Gasteiger charge is 2.25. The molecule has 1 fully saturated rings. The third kappa shape index (κ3) is 2.24. The Morgan fingerprint density at radius 3 is 2.65 bits per heavy atom. The number of likely N-dealkylation sites (N-methyl/N-ethyl adjacent to an activating group) is 1. The normalized spacial score (nSPS) is 20.7. The first-order valence-electron chi connectivity index (χ1n) is 5.63. The highest BCUT2D eigenvalue weighted by atomic mass is 16.4. The molecule has 5 nitrogen and oxygen atoms in total. The molecule has 1 aromatic heterocycles. The van der Waals surface area contributed by atoms with Gasteiger partial charge in [0.25, 0.3) is 0 Å². The summed E-state index contributed by atoms with van der Waals surface area (Å²) < 4.78 is 1.72. The lowest BCUT2D eigenvalue weighted by molar-refractivity contribution is 0.0682. The fraction of sp³-hybridized carbons (Fsp3) is 0.500. The van der Waals surface area contributed by atoms with E-state index in [1.54, 1.807) is 10.8 Å². The molecule has 0 radical (unpaired) electrons. The number of carbonyl (C=O) groups excluding carboxylic acids is 1. The summed E-state index contributed by atoms with van der Waals surface area (Å²) in [6, 6.07) is 1.61. The van der Waals surface area contributed by atoms with Crippen LogP contribution in [0.2, 0.25) is 0 Å². The van der Waals surface area contributed by atoms with Crippen LogP contribution < -0.4 is 0 Å². The number of carbonyl (C=O) groups is 2. The number of hydrogen-bond acceptors (Lipinski definition) is 3. The summed E-state index contributed by atoms with van der Waals surface area (Å²) in [6.45, 7) is 3.23. The molecule has 2 rings (SSSR count). The van der Waals surface area contributed by atoms with Crippen molar-refractivity contribution in [1.29, 1.82) is 0 Å². The topological polar surface area (TPSA) is 62.5 Å². The number of likely N-dealkylation sites (tertiary alicyclic amines) is 1. The number of rotatable bonds is 3. The SMILES string of the molecule is CC(=O)c1cc(C(=O)O)n(C2CCN(C)C2)c1. The molecule has 1 N–H and O–H groups in total. The zero-order valence-corrected chi connectivity index (χ0v) is 10.0. The second-order valence-electron chi connectivity index (χ2n) is 4.59. The van der Waals surface area contributed by atoms with Crippen LogP contribution in [0.25, 0.3) is 0 Å². The molecule has 1 aliphatic rings. The molecule has 92 valence electrons. The summed E-state index contributed by atoms with van der Waals surface area (Å²) in [5.74, 6) is -1.08. The first-order chi connectivity index (χ1) is 7.99. The largest absolute Gasteiger partial charge is 0.477 e. The maximum Gasteiger partial charge on any atom is 0.352 e. The Labute approximate surface area is 99.6 Å². The summed E-state index contributed by atoms with van der Waals surface area (Å²) in [6.07, 6.45) is 2.58. The quantitative estimate of drug-likeness (QED) is 0.803. The summed E-state index contributed by atoms with van der Waals surface area (Å²) in [7, 11) is 2.01. The van der Waals surface area contributed by atoms with Gasteiger partial charge in [-0.15, -0.1) is 0 Å². The first kappa shape index (κ1) is 11.9. The molecule has 1 atom stereocenters. The molecule has 1 unspecified atom stereocenters. The van der Waals surface area contributed by atoms with Crippen molar-refractivity contribution < 1.29 is 14.7 Å². The summed E-state index contributed by atoms with van der Waals surface area (Å²) in [5.41, 5.74) is 0.674. The van der Waals surface area contributed by atoms with Crippen LogP contribution in [0.3, 0.4) is 0 Å². The zero-order chi connectivity index (χ0) is 12.6. The minimum atomic E-state index is -0.980. The Kier molecular flexibility index (Phi) is 3.02. The van der Waals surface area contributed by atoms with Gasteiger partial charge in [0, 0.05) is 24.3 Å². The van der Waals surface area contributed by atoms with Crippen LogP contribution in [0.5, 0.6) is 0 Å². The molecule has 5 heteroatoms. The Hall–Kier alpha value is -1.62. The molecule has 17 heavy (non-hydrogen) atoms. The van der Waals surface area contributed by atoms with Gasteiger partial charge in [-0.2, -0.15) is 0 Å². The van der Waals surface area contributed by atoms with Crippen LogP contribution in [0.15, 0.2) is 12.3 Å². The van der Waals surface area contributed by atoms with Gasteiger partial charge < -0.3 is 14.6 Å². The molecule has 0 aliphatic carbocycles. The van der Waals surface area contributed by atoms with Gasteiger partial charge in [-0.3, -0.25) is 4.79 Å². The maximum atomic E-state index is 11.3. The van der Waals surface area contributed by atoms with Crippen LogP contribution in [0.1, 0.15) is 40.2 Å². The number of aromatic carboxylic acids is 1. The van der Waals surface area contributed by atoms with Crippen molar-refractivity contribution in [3.8, 4) is 0 Å². The van der Waals surface area contributed by atoms with Crippen LogP contribution in [0.4, 0.5) is 0 Å². The van der Waals surface area contributed by atoms with E-state index in [-0.39, 0.29) is 17.5 Å². The number of hydrogen-bond donors (Lipinski definition) is 1. The van der Waals surface area contributed by atoms with Crippen molar-refractivity contribution in [3.05, 3.63) is 23.5 Å². The van der Waals surface area contributed by atoms with E-state index in [1.165, 1.54) is 13.0 Å². The van der Waals surface area contributed by atoms with Crippen molar-refractivity contribution in [1.82, 2.24) is 9.47 Å². The van der Waals surface area contributed by atoms with Crippen LogP contribution in [-0.2, 0) is 0 Å². The molecule has 1 saturated heterocycles. The van der Waals surface area contributed by atoms with Gasteiger partial charge in [0.05, 0.1) is 0 Å². The lowest BCUT2D eigenvalue weighted by atomic mass is 10.2. The molecule has 1 aliphatic heterocycles. The molecule has 0 spiro atoms. The van der Waals surface area contributed by atoms with Crippen LogP contribution >= 0.6 is 0 Å². The predicted molar refractivity (Wildman–Crippen MR) is 62.5 cm³/mol. The number of ketones is 1. The second kappa shape index (κ2) is 4.33. The number of Topliss-reactive ketones (excluding diaryl/α,β-unsaturated/α-hetero) is 1. The van der Waals surface area contributed by atoms with Crippen molar-refractivity contribution in [2.24, 2.45) is 0 Å². The molecule has 0 amide bonds. The van der Waals surface area contributed by atoms with E-state index in [0.29, 0.717) is 5.56 Å². The van der Waals surface area contributed by atoms with Gasteiger partial charge in [0.1, 0.15) is 5.69 Å². The minimum Gasteiger partial charge on any atom is -0.477 e. The van der Waals surface area contributed by atoms with Crippen LogP contribution in [-0.4, -0.2) is 46.5 Å².